The average Bonchev–Trinajstić information content (AvgIpc) is 2.95. The van der Waals surface area contributed by atoms with Gasteiger partial charge in [-0.1, -0.05) is 42.5 Å². The molecule has 1 heterocycles. The third-order valence-corrected chi connectivity index (χ3v) is 3.91. The standard InChI is InChI=1S/C18H20N2O2/c21-17(10-19-18(22)14-6-2-1-3-7-14)13-20-11-15-8-4-5-9-16(15)12-20/h1-9,17,21H,10-13H2,(H,19,22)/t17-/m0/s1. The maximum atomic E-state index is 11.9. The number of aliphatic hydroxyl groups is 1. The molecule has 0 bridgehead atoms. The van der Waals surface area contributed by atoms with Crippen molar-refractivity contribution in [3.05, 3.63) is 71.3 Å². The predicted molar refractivity (Wildman–Crippen MR) is 85.3 cm³/mol. The molecule has 0 saturated heterocycles. The van der Waals surface area contributed by atoms with Crippen molar-refractivity contribution in [2.45, 2.75) is 19.2 Å². The fourth-order valence-corrected chi connectivity index (χ4v) is 2.80. The fourth-order valence-electron chi connectivity index (χ4n) is 2.80. The molecule has 0 fully saturated rings. The molecule has 2 aromatic rings. The summed E-state index contributed by atoms with van der Waals surface area (Å²) in [5, 5.41) is 12.9. The molecule has 1 aliphatic rings. The van der Waals surface area contributed by atoms with Gasteiger partial charge in [0, 0.05) is 31.7 Å². The van der Waals surface area contributed by atoms with E-state index in [0.29, 0.717) is 12.1 Å². The minimum atomic E-state index is -0.568. The van der Waals surface area contributed by atoms with Crippen molar-refractivity contribution in [3.63, 3.8) is 0 Å². The highest BCUT2D eigenvalue weighted by molar-refractivity contribution is 5.94. The lowest BCUT2D eigenvalue weighted by Gasteiger charge is -2.19. The van der Waals surface area contributed by atoms with E-state index in [0.717, 1.165) is 13.1 Å². The topological polar surface area (TPSA) is 52.6 Å². The maximum absolute atomic E-state index is 11.9. The number of rotatable bonds is 5. The van der Waals surface area contributed by atoms with Crippen LogP contribution >= 0.6 is 0 Å². The van der Waals surface area contributed by atoms with Gasteiger partial charge in [-0.2, -0.15) is 0 Å². The van der Waals surface area contributed by atoms with Crippen molar-refractivity contribution in [3.8, 4) is 0 Å². The van der Waals surface area contributed by atoms with Crippen LogP contribution in [0.3, 0.4) is 0 Å². The van der Waals surface area contributed by atoms with Crippen LogP contribution in [0.25, 0.3) is 0 Å². The largest absolute Gasteiger partial charge is 0.390 e. The first-order valence-electron chi connectivity index (χ1n) is 7.53. The van der Waals surface area contributed by atoms with E-state index in [1.54, 1.807) is 12.1 Å². The third kappa shape index (κ3) is 3.53. The van der Waals surface area contributed by atoms with Gasteiger partial charge in [-0.3, -0.25) is 9.69 Å². The Labute approximate surface area is 130 Å². The number of fused-ring (bicyclic) bond motifs is 1. The van der Waals surface area contributed by atoms with E-state index >= 15 is 0 Å². The molecule has 0 radical (unpaired) electrons. The Morgan fingerprint density at radius 3 is 2.27 bits per heavy atom. The highest BCUT2D eigenvalue weighted by Gasteiger charge is 2.20. The molecule has 3 rings (SSSR count). The lowest BCUT2D eigenvalue weighted by Crippen LogP contribution is -2.38. The zero-order valence-electron chi connectivity index (χ0n) is 12.4. The number of nitrogens with zero attached hydrogens (tertiary/aromatic N) is 1. The smallest absolute Gasteiger partial charge is 0.251 e. The molecule has 4 heteroatoms. The molecule has 0 aromatic heterocycles. The summed E-state index contributed by atoms with van der Waals surface area (Å²) in [7, 11) is 0. The van der Waals surface area contributed by atoms with E-state index < -0.39 is 6.10 Å². The average molecular weight is 296 g/mol. The molecule has 1 atom stereocenters. The Kier molecular flexibility index (Phi) is 4.51. The molecule has 1 amide bonds. The molecule has 2 N–H and O–H groups in total. The Morgan fingerprint density at radius 2 is 1.64 bits per heavy atom. The van der Waals surface area contributed by atoms with E-state index in [2.05, 4.69) is 22.3 Å². The molecular formula is C18H20N2O2. The number of aliphatic hydroxyl groups excluding tert-OH is 1. The summed E-state index contributed by atoms with van der Waals surface area (Å²) < 4.78 is 0. The first kappa shape index (κ1) is 14.8. The number of benzene rings is 2. The second kappa shape index (κ2) is 6.73. The number of hydrogen-bond acceptors (Lipinski definition) is 3. The Balaban J connectivity index is 1.46. The monoisotopic (exact) mass is 296 g/mol. The van der Waals surface area contributed by atoms with Gasteiger partial charge in [-0.05, 0) is 23.3 Å². The van der Waals surface area contributed by atoms with Gasteiger partial charge in [0.05, 0.1) is 6.10 Å². The van der Waals surface area contributed by atoms with Crippen molar-refractivity contribution < 1.29 is 9.90 Å². The molecule has 0 saturated carbocycles. The second-order valence-corrected chi connectivity index (χ2v) is 5.67. The van der Waals surface area contributed by atoms with Crippen molar-refractivity contribution in [1.29, 1.82) is 0 Å². The van der Waals surface area contributed by atoms with Gasteiger partial charge in [0.2, 0.25) is 0 Å². The van der Waals surface area contributed by atoms with E-state index in [1.807, 2.05) is 30.3 Å². The minimum absolute atomic E-state index is 0.149. The fraction of sp³-hybridized carbons (Fsp3) is 0.278. The van der Waals surface area contributed by atoms with Crippen molar-refractivity contribution >= 4 is 5.91 Å². The van der Waals surface area contributed by atoms with E-state index in [1.165, 1.54) is 11.1 Å². The first-order chi connectivity index (χ1) is 10.7. The van der Waals surface area contributed by atoms with Crippen LogP contribution in [-0.4, -0.2) is 35.1 Å². The number of carbonyl (C=O) groups excluding carboxylic acids is 1. The Bertz CT molecular complexity index is 618. The van der Waals surface area contributed by atoms with E-state index in [9.17, 15) is 9.90 Å². The van der Waals surface area contributed by atoms with Crippen molar-refractivity contribution in [1.82, 2.24) is 10.2 Å². The summed E-state index contributed by atoms with van der Waals surface area (Å²) in [6, 6.07) is 17.4. The van der Waals surface area contributed by atoms with E-state index in [-0.39, 0.29) is 12.5 Å². The highest BCUT2D eigenvalue weighted by Crippen LogP contribution is 2.21. The molecule has 1 aliphatic heterocycles. The summed E-state index contributed by atoms with van der Waals surface area (Å²) in [4.78, 5) is 14.1. The Hall–Kier alpha value is -2.17. The number of β-amino-alcohol motifs (C(OH)–C–C–N with tert-alkyl or cyclic N) is 1. The van der Waals surface area contributed by atoms with E-state index in [4.69, 9.17) is 0 Å². The molecule has 114 valence electrons. The molecule has 4 nitrogen and oxygen atoms in total. The van der Waals surface area contributed by atoms with Gasteiger partial charge in [-0.25, -0.2) is 0 Å². The zero-order valence-corrected chi connectivity index (χ0v) is 12.4. The summed E-state index contributed by atoms with van der Waals surface area (Å²) in [5.41, 5.74) is 3.26. The zero-order chi connectivity index (χ0) is 15.4. The number of hydrogen-bond donors (Lipinski definition) is 2. The van der Waals surface area contributed by atoms with Crippen LogP contribution in [0, 0.1) is 0 Å². The van der Waals surface area contributed by atoms with Crippen LogP contribution in [0.1, 0.15) is 21.5 Å². The van der Waals surface area contributed by atoms with Gasteiger partial charge in [0.15, 0.2) is 0 Å². The maximum Gasteiger partial charge on any atom is 0.251 e. The van der Waals surface area contributed by atoms with Gasteiger partial charge in [0.25, 0.3) is 5.91 Å². The first-order valence-corrected chi connectivity index (χ1v) is 7.53. The highest BCUT2D eigenvalue weighted by atomic mass is 16.3. The second-order valence-electron chi connectivity index (χ2n) is 5.67. The summed E-state index contributed by atoms with van der Waals surface area (Å²) in [5.74, 6) is -0.149. The van der Waals surface area contributed by atoms with Crippen LogP contribution in [0.5, 0.6) is 0 Å². The number of nitrogens with one attached hydrogen (secondary N) is 1. The quantitative estimate of drug-likeness (QED) is 0.884. The summed E-state index contributed by atoms with van der Waals surface area (Å²) in [6.07, 6.45) is -0.568. The van der Waals surface area contributed by atoms with Gasteiger partial charge >= 0.3 is 0 Å². The molecule has 2 aromatic carbocycles. The minimum Gasteiger partial charge on any atom is -0.390 e. The molecule has 0 unspecified atom stereocenters. The summed E-state index contributed by atoms with van der Waals surface area (Å²) >= 11 is 0. The van der Waals surface area contributed by atoms with Crippen LogP contribution < -0.4 is 5.32 Å². The van der Waals surface area contributed by atoms with Gasteiger partial charge < -0.3 is 10.4 Å². The van der Waals surface area contributed by atoms with Gasteiger partial charge in [0.1, 0.15) is 0 Å². The molecule has 0 aliphatic carbocycles. The normalized spacial score (nSPS) is 15.3. The number of amides is 1. The molecular weight excluding hydrogens is 276 g/mol. The van der Waals surface area contributed by atoms with Crippen molar-refractivity contribution in [2.75, 3.05) is 13.1 Å². The third-order valence-electron chi connectivity index (χ3n) is 3.91. The molecule has 0 spiro atoms. The van der Waals surface area contributed by atoms with Crippen LogP contribution in [0.4, 0.5) is 0 Å². The van der Waals surface area contributed by atoms with Gasteiger partial charge in [-0.15, -0.1) is 0 Å². The van der Waals surface area contributed by atoms with Crippen LogP contribution in [0.15, 0.2) is 54.6 Å². The number of carbonyl (C=O) groups is 1. The lowest BCUT2D eigenvalue weighted by atomic mass is 10.1. The lowest BCUT2D eigenvalue weighted by molar-refractivity contribution is 0.0856. The predicted octanol–water partition coefficient (Wildman–Crippen LogP) is 1.79. The van der Waals surface area contributed by atoms with Crippen molar-refractivity contribution in [2.24, 2.45) is 0 Å². The van der Waals surface area contributed by atoms with Crippen LogP contribution in [-0.2, 0) is 13.1 Å². The Morgan fingerprint density at radius 1 is 1.05 bits per heavy atom. The van der Waals surface area contributed by atoms with Crippen LogP contribution in [0.2, 0.25) is 0 Å². The SMILES string of the molecule is O=C(NC[C@H](O)CN1Cc2ccccc2C1)c1ccccc1. The summed E-state index contributed by atoms with van der Waals surface area (Å²) in [6.45, 7) is 2.55. The molecule has 22 heavy (non-hydrogen) atoms.